The molecule has 0 aliphatic carbocycles. The number of nitrogens with zero attached hydrogens (tertiary/aromatic N) is 2. The smallest absolute Gasteiger partial charge is 0.238 e. The van der Waals surface area contributed by atoms with Crippen LogP contribution in [0, 0.1) is 12.3 Å². The minimum atomic E-state index is -0.646. The second-order valence-corrected chi connectivity index (χ2v) is 10.0. The summed E-state index contributed by atoms with van der Waals surface area (Å²) in [4.78, 5) is 44.4. The molecule has 1 aromatic heterocycles. The number of ketones is 2. The van der Waals surface area contributed by atoms with Crippen molar-refractivity contribution in [3.05, 3.63) is 41.0 Å². The van der Waals surface area contributed by atoms with Crippen LogP contribution in [-0.4, -0.2) is 52.5 Å². The van der Waals surface area contributed by atoms with E-state index in [9.17, 15) is 14.4 Å². The normalized spacial score (nSPS) is 18.2. The summed E-state index contributed by atoms with van der Waals surface area (Å²) in [5.41, 5.74) is 10.6. The van der Waals surface area contributed by atoms with Crippen LogP contribution >= 0.6 is 11.3 Å². The van der Waals surface area contributed by atoms with Crippen LogP contribution in [0.4, 0.5) is 0 Å². The minimum absolute atomic E-state index is 0.00512. The van der Waals surface area contributed by atoms with E-state index in [-0.39, 0.29) is 42.4 Å². The molecule has 0 unspecified atom stereocenters. The van der Waals surface area contributed by atoms with Gasteiger partial charge in [-0.15, -0.1) is 11.3 Å². The number of carbonyl (C=O) groups is 3. The number of Topliss-reactive ketones (excluding diaryl/α,β-unsaturated/α-hetero) is 2. The van der Waals surface area contributed by atoms with Crippen LogP contribution in [0.25, 0.3) is 10.4 Å². The monoisotopic (exact) mass is 442 g/mol. The van der Waals surface area contributed by atoms with Crippen molar-refractivity contribution in [2.24, 2.45) is 11.1 Å². The maximum absolute atomic E-state index is 12.8. The third-order valence-corrected chi connectivity index (χ3v) is 6.59. The van der Waals surface area contributed by atoms with Gasteiger partial charge in [0.1, 0.15) is 5.78 Å². The van der Waals surface area contributed by atoms with Gasteiger partial charge >= 0.3 is 0 Å². The van der Waals surface area contributed by atoms with E-state index < -0.39 is 12.1 Å². The van der Waals surface area contributed by atoms with E-state index in [0.717, 1.165) is 21.7 Å². The second-order valence-electron chi connectivity index (χ2n) is 9.16. The van der Waals surface area contributed by atoms with Crippen LogP contribution in [0.3, 0.4) is 0 Å². The number of hydrogen-bond donors (Lipinski definition) is 2. The number of rotatable bonds is 7. The molecule has 31 heavy (non-hydrogen) atoms. The van der Waals surface area contributed by atoms with E-state index in [0.29, 0.717) is 6.54 Å². The molecular weight excluding hydrogens is 412 g/mol. The lowest BCUT2D eigenvalue weighted by Gasteiger charge is -2.29. The molecule has 1 fully saturated rings. The molecule has 0 bridgehead atoms. The number of amides is 1. The van der Waals surface area contributed by atoms with Crippen molar-refractivity contribution in [2.45, 2.75) is 52.7 Å². The Labute approximate surface area is 187 Å². The molecule has 1 saturated heterocycles. The molecule has 8 heteroatoms. The Kier molecular flexibility index (Phi) is 7.03. The number of likely N-dealkylation sites (tertiary alicyclic amines) is 1. The number of aromatic nitrogens is 1. The Morgan fingerprint density at radius 1 is 1.29 bits per heavy atom. The maximum atomic E-state index is 12.8. The molecule has 0 radical (unpaired) electrons. The lowest BCUT2D eigenvalue weighted by Crippen LogP contribution is -2.50. The number of nitrogens with one attached hydrogen (secondary N) is 1. The summed E-state index contributed by atoms with van der Waals surface area (Å²) in [5.74, 6) is -0.444. The average molecular weight is 443 g/mol. The van der Waals surface area contributed by atoms with Gasteiger partial charge in [0.15, 0.2) is 5.78 Å². The largest absolute Gasteiger partial charge is 0.351 e. The number of nitrogens with two attached hydrogens (primary N) is 1. The summed E-state index contributed by atoms with van der Waals surface area (Å²) in [6.07, 6.45) is 0.119. The van der Waals surface area contributed by atoms with E-state index in [1.165, 1.54) is 0 Å². The van der Waals surface area contributed by atoms with Crippen LogP contribution in [0.5, 0.6) is 0 Å². The first kappa shape index (κ1) is 23.2. The standard InChI is InChI=1S/C23H30N4O3S/c1-14-20(31-13-26-14)16-7-5-15(6-8-16)10-25-22(30)18-9-17(28)11-27(18)12-19(29)21(24)23(2,3)4/h5-8,13,18,21H,9-12,24H2,1-4H3,(H,25,30)/t18-,21+/m0/s1. The summed E-state index contributed by atoms with van der Waals surface area (Å²) < 4.78 is 0. The zero-order valence-corrected chi connectivity index (χ0v) is 19.3. The van der Waals surface area contributed by atoms with Crippen molar-refractivity contribution in [3.8, 4) is 10.4 Å². The topological polar surface area (TPSA) is 105 Å². The number of carbonyl (C=O) groups excluding carboxylic acids is 3. The van der Waals surface area contributed by atoms with Crippen molar-refractivity contribution < 1.29 is 14.4 Å². The molecule has 3 N–H and O–H groups in total. The fourth-order valence-electron chi connectivity index (χ4n) is 3.61. The highest BCUT2D eigenvalue weighted by atomic mass is 32.1. The number of benzene rings is 1. The Morgan fingerprint density at radius 3 is 2.55 bits per heavy atom. The van der Waals surface area contributed by atoms with Crippen molar-refractivity contribution in [1.82, 2.24) is 15.2 Å². The van der Waals surface area contributed by atoms with Gasteiger partial charge < -0.3 is 11.1 Å². The fourth-order valence-corrected chi connectivity index (χ4v) is 4.42. The first-order valence-electron chi connectivity index (χ1n) is 10.4. The summed E-state index contributed by atoms with van der Waals surface area (Å²) in [6, 6.07) is 6.69. The molecule has 0 spiro atoms. The molecule has 166 valence electrons. The second kappa shape index (κ2) is 9.38. The molecule has 7 nitrogen and oxygen atoms in total. The van der Waals surface area contributed by atoms with Crippen molar-refractivity contribution >= 4 is 28.8 Å². The molecule has 1 amide bonds. The first-order valence-corrected chi connectivity index (χ1v) is 11.3. The van der Waals surface area contributed by atoms with E-state index in [1.807, 2.05) is 57.5 Å². The van der Waals surface area contributed by atoms with Gasteiger partial charge in [0.2, 0.25) is 5.91 Å². The van der Waals surface area contributed by atoms with Crippen molar-refractivity contribution in [1.29, 1.82) is 0 Å². The van der Waals surface area contributed by atoms with Gasteiger partial charge in [-0.2, -0.15) is 0 Å². The predicted octanol–water partition coefficient (Wildman–Crippen LogP) is 2.32. The lowest BCUT2D eigenvalue weighted by atomic mass is 9.84. The highest BCUT2D eigenvalue weighted by molar-refractivity contribution is 7.13. The number of thiazole rings is 1. The zero-order chi connectivity index (χ0) is 22.8. The number of aryl methyl sites for hydroxylation is 1. The zero-order valence-electron chi connectivity index (χ0n) is 18.5. The van der Waals surface area contributed by atoms with Crippen LogP contribution in [0.15, 0.2) is 29.8 Å². The molecule has 2 aromatic rings. The summed E-state index contributed by atoms with van der Waals surface area (Å²) in [6.45, 7) is 8.14. The van der Waals surface area contributed by atoms with Crippen molar-refractivity contribution in [3.63, 3.8) is 0 Å². The Balaban J connectivity index is 1.59. The van der Waals surface area contributed by atoms with Crippen LogP contribution in [-0.2, 0) is 20.9 Å². The van der Waals surface area contributed by atoms with Gasteiger partial charge in [0, 0.05) is 13.0 Å². The Bertz CT molecular complexity index is 962. The Morgan fingerprint density at radius 2 is 1.97 bits per heavy atom. The molecule has 1 aliphatic heterocycles. The van der Waals surface area contributed by atoms with Gasteiger partial charge in [-0.3, -0.25) is 19.3 Å². The van der Waals surface area contributed by atoms with Crippen molar-refractivity contribution in [2.75, 3.05) is 13.1 Å². The third kappa shape index (κ3) is 5.64. The van der Waals surface area contributed by atoms with Gasteiger partial charge in [0.05, 0.1) is 41.3 Å². The third-order valence-electron chi connectivity index (χ3n) is 5.61. The maximum Gasteiger partial charge on any atom is 0.238 e. The van der Waals surface area contributed by atoms with Gasteiger partial charge in [-0.25, -0.2) is 4.98 Å². The highest BCUT2D eigenvalue weighted by Gasteiger charge is 2.38. The molecule has 1 aliphatic rings. The Hall–Kier alpha value is -2.42. The van der Waals surface area contributed by atoms with E-state index >= 15 is 0 Å². The summed E-state index contributed by atoms with van der Waals surface area (Å²) in [7, 11) is 0. The molecule has 2 heterocycles. The molecule has 1 aromatic carbocycles. The highest BCUT2D eigenvalue weighted by Crippen LogP contribution is 2.27. The summed E-state index contributed by atoms with van der Waals surface area (Å²) >= 11 is 1.60. The minimum Gasteiger partial charge on any atom is -0.351 e. The quantitative estimate of drug-likeness (QED) is 0.682. The van der Waals surface area contributed by atoms with Gasteiger partial charge in [-0.1, -0.05) is 45.0 Å². The summed E-state index contributed by atoms with van der Waals surface area (Å²) in [5, 5.41) is 2.90. The first-order chi connectivity index (χ1) is 14.6. The molecule has 2 atom stereocenters. The molecule has 0 saturated carbocycles. The van der Waals surface area contributed by atoms with E-state index in [1.54, 1.807) is 16.2 Å². The van der Waals surface area contributed by atoms with Crippen LogP contribution in [0.1, 0.15) is 38.4 Å². The molecular formula is C23H30N4O3S. The lowest BCUT2D eigenvalue weighted by molar-refractivity contribution is -0.128. The average Bonchev–Trinajstić information content (AvgIpc) is 3.30. The fraction of sp³-hybridized carbons (Fsp3) is 0.478. The SMILES string of the molecule is Cc1ncsc1-c1ccc(CNC(=O)[C@@H]2CC(=O)CN2CC(=O)[C@@H](N)C(C)(C)C)cc1. The van der Waals surface area contributed by atoms with Gasteiger partial charge in [0.25, 0.3) is 0 Å². The predicted molar refractivity (Wildman–Crippen MR) is 122 cm³/mol. The van der Waals surface area contributed by atoms with Crippen LogP contribution in [0.2, 0.25) is 0 Å². The molecule has 3 rings (SSSR count). The van der Waals surface area contributed by atoms with E-state index in [2.05, 4.69) is 10.3 Å². The van der Waals surface area contributed by atoms with Crippen LogP contribution < -0.4 is 11.1 Å². The van der Waals surface area contributed by atoms with Gasteiger partial charge in [-0.05, 0) is 23.5 Å². The van der Waals surface area contributed by atoms with E-state index in [4.69, 9.17) is 5.73 Å². The number of hydrogen-bond acceptors (Lipinski definition) is 7.